The molecule has 1 aromatic rings. The fraction of sp³-hybridized carbons (Fsp3) is 0.385. The molecular weight excluding hydrogens is 216 g/mol. The van der Waals surface area contributed by atoms with Crippen molar-refractivity contribution >= 4 is 23.6 Å². The van der Waals surface area contributed by atoms with Gasteiger partial charge in [0.1, 0.15) is 6.29 Å². The molecule has 2 rings (SSSR count). The second-order valence-electron chi connectivity index (χ2n) is 4.48. The standard InChI is InChI=1S/C13H16N2O2/c1-9(5-6-16)10-3-4-11-12(7-10)15(2)8-13(17)14-11/h3-4,6-7,9H,5,8H2,1-2H3,(H,14,17). The van der Waals surface area contributed by atoms with E-state index in [0.29, 0.717) is 13.0 Å². The van der Waals surface area contributed by atoms with E-state index < -0.39 is 0 Å². The van der Waals surface area contributed by atoms with E-state index in [-0.39, 0.29) is 11.8 Å². The van der Waals surface area contributed by atoms with Crippen LogP contribution in [-0.4, -0.2) is 25.8 Å². The van der Waals surface area contributed by atoms with Crippen molar-refractivity contribution in [2.45, 2.75) is 19.3 Å². The number of fused-ring (bicyclic) bond motifs is 1. The molecule has 0 bridgehead atoms. The number of carbonyl (C=O) groups is 2. The summed E-state index contributed by atoms with van der Waals surface area (Å²) in [6.45, 7) is 2.40. The van der Waals surface area contributed by atoms with Crippen molar-refractivity contribution in [3.8, 4) is 0 Å². The molecule has 0 aliphatic carbocycles. The van der Waals surface area contributed by atoms with E-state index in [1.807, 2.05) is 37.1 Å². The second-order valence-corrected chi connectivity index (χ2v) is 4.48. The molecule has 1 unspecified atom stereocenters. The fourth-order valence-corrected chi connectivity index (χ4v) is 2.05. The molecule has 0 saturated heterocycles. The minimum Gasteiger partial charge on any atom is -0.364 e. The van der Waals surface area contributed by atoms with Gasteiger partial charge in [-0.2, -0.15) is 0 Å². The Morgan fingerprint density at radius 3 is 3.00 bits per heavy atom. The summed E-state index contributed by atoms with van der Waals surface area (Å²) >= 11 is 0. The van der Waals surface area contributed by atoms with Gasteiger partial charge < -0.3 is 15.0 Å². The molecule has 1 heterocycles. The van der Waals surface area contributed by atoms with Crippen LogP contribution >= 0.6 is 0 Å². The van der Waals surface area contributed by atoms with Crippen LogP contribution in [0.1, 0.15) is 24.8 Å². The zero-order valence-electron chi connectivity index (χ0n) is 10.1. The lowest BCUT2D eigenvalue weighted by Crippen LogP contribution is -2.35. The summed E-state index contributed by atoms with van der Waals surface area (Å²) in [5, 5.41) is 2.84. The first-order chi connectivity index (χ1) is 8.11. The van der Waals surface area contributed by atoms with Crippen LogP contribution in [0.4, 0.5) is 11.4 Å². The summed E-state index contributed by atoms with van der Waals surface area (Å²) in [6.07, 6.45) is 1.46. The van der Waals surface area contributed by atoms with E-state index >= 15 is 0 Å². The van der Waals surface area contributed by atoms with Gasteiger partial charge in [-0.3, -0.25) is 4.79 Å². The van der Waals surface area contributed by atoms with Gasteiger partial charge in [-0.1, -0.05) is 13.0 Å². The maximum absolute atomic E-state index is 11.4. The summed E-state index contributed by atoms with van der Waals surface area (Å²) in [4.78, 5) is 23.8. The number of nitrogens with one attached hydrogen (secondary N) is 1. The van der Waals surface area contributed by atoms with Crippen molar-refractivity contribution in [2.75, 3.05) is 23.8 Å². The van der Waals surface area contributed by atoms with Crippen molar-refractivity contribution in [2.24, 2.45) is 0 Å². The third-order valence-electron chi connectivity index (χ3n) is 3.11. The monoisotopic (exact) mass is 232 g/mol. The van der Waals surface area contributed by atoms with Crippen LogP contribution in [0.5, 0.6) is 0 Å². The average Bonchev–Trinajstić information content (AvgIpc) is 2.28. The van der Waals surface area contributed by atoms with Gasteiger partial charge in [0.25, 0.3) is 0 Å². The number of anilines is 2. The molecule has 1 aromatic carbocycles. The highest BCUT2D eigenvalue weighted by Crippen LogP contribution is 2.32. The highest BCUT2D eigenvalue weighted by molar-refractivity contribution is 6.01. The Hall–Kier alpha value is -1.84. The van der Waals surface area contributed by atoms with Crippen LogP contribution < -0.4 is 10.2 Å². The lowest BCUT2D eigenvalue weighted by molar-refractivity contribution is -0.115. The fourth-order valence-electron chi connectivity index (χ4n) is 2.05. The number of likely N-dealkylation sites (N-methyl/N-ethyl adjacent to an activating group) is 1. The summed E-state index contributed by atoms with van der Waals surface area (Å²) in [6, 6.07) is 5.91. The number of hydrogen-bond donors (Lipinski definition) is 1. The molecule has 1 aliphatic heterocycles. The molecule has 0 spiro atoms. The van der Waals surface area contributed by atoms with E-state index in [1.165, 1.54) is 0 Å². The van der Waals surface area contributed by atoms with Crippen molar-refractivity contribution < 1.29 is 9.59 Å². The van der Waals surface area contributed by atoms with Crippen molar-refractivity contribution in [3.05, 3.63) is 23.8 Å². The zero-order valence-corrected chi connectivity index (χ0v) is 10.1. The van der Waals surface area contributed by atoms with Gasteiger partial charge in [0, 0.05) is 13.5 Å². The Morgan fingerprint density at radius 1 is 1.53 bits per heavy atom. The maximum Gasteiger partial charge on any atom is 0.243 e. The molecule has 17 heavy (non-hydrogen) atoms. The zero-order chi connectivity index (χ0) is 12.4. The van der Waals surface area contributed by atoms with Crippen LogP contribution in [0.2, 0.25) is 0 Å². The molecule has 0 saturated carbocycles. The predicted molar refractivity (Wildman–Crippen MR) is 67.4 cm³/mol. The molecule has 1 amide bonds. The molecule has 0 radical (unpaired) electrons. The van der Waals surface area contributed by atoms with E-state index in [2.05, 4.69) is 5.32 Å². The second kappa shape index (κ2) is 4.57. The van der Waals surface area contributed by atoms with E-state index in [1.54, 1.807) is 0 Å². The van der Waals surface area contributed by atoms with Crippen LogP contribution in [0, 0.1) is 0 Å². The van der Waals surface area contributed by atoms with Crippen molar-refractivity contribution in [1.82, 2.24) is 0 Å². The summed E-state index contributed by atoms with van der Waals surface area (Å²) < 4.78 is 0. The van der Waals surface area contributed by atoms with E-state index in [9.17, 15) is 9.59 Å². The van der Waals surface area contributed by atoms with Gasteiger partial charge in [0.15, 0.2) is 0 Å². The topological polar surface area (TPSA) is 49.4 Å². The third kappa shape index (κ3) is 2.30. The summed E-state index contributed by atoms with van der Waals surface area (Å²) in [7, 11) is 1.89. The number of benzene rings is 1. The molecular formula is C13H16N2O2. The number of rotatable bonds is 3. The molecule has 1 aliphatic rings. The number of amides is 1. The van der Waals surface area contributed by atoms with Crippen LogP contribution in [0.15, 0.2) is 18.2 Å². The minimum atomic E-state index is 0.00805. The smallest absolute Gasteiger partial charge is 0.243 e. The minimum absolute atomic E-state index is 0.00805. The largest absolute Gasteiger partial charge is 0.364 e. The Morgan fingerprint density at radius 2 is 2.29 bits per heavy atom. The average molecular weight is 232 g/mol. The molecule has 4 heteroatoms. The first kappa shape index (κ1) is 11.6. The summed E-state index contributed by atoms with van der Waals surface area (Å²) in [5.41, 5.74) is 2.98. The molecule has 0 aromatic heterocycles. The number of carbonyl (C=O) groups excluding carboxylic acids is 2. The van der Waals surface area contributed by atoms with Gasteiger partial charge in [-0.25, -0.2) is 0 Å². The van der Waals surface area contributed by atoms with Gasteiger partial charge in [0.2, 0.25) is 5.91 Å². The van der Waals surface area contributed by atoms with Crippen molar-refractivity contribution in [1.29, 1.82) is 0 Å². The van der Waals surface area contributed by atoms with Gasteiger partial charge >= 0.3 is 0 Å². The lowest BCUT2D eigenvalue weighted by Gasteiger charge is -2.28. The first-order valence-electron chi connectivity index (χ1n) is 5.70. The lowest BCUT2D eigenvalue weighted by atomic mass is 9.97. The molecule has 90 valence electrons. The van der Waals surface area contributed by atoms with E-state index in [0.717, 1.165) is 23.2 Å². The van der Waals surface area contributed by atoms with Crippen molar-refractivity contribution in [3.63, 3.8) is 0 Å². The van der Waals surface area contributed by atoms with E-state index in [4.69, 9.17) is 0 Å². The first-order valence-corrected chi connectivity index (χ1v) is 5.70. The quantitative estimate of drug-likeness (QED) is 0.808. The van der Waals surface area contributed by atoms with Crippen LogP contribution in [0.3, 0.4) is 0 Å². The SMILES string of the molecule is CC(CC=O)c1ccc2c(c1)N(C)CC(=O)N2. The Labute approximate surface area is 101 Å². The van der Waals surface area contributed by atoms with Crippen LogP contribution in [-0.2, 0) is 9.59 Å². The highest BCUT2D eigenvalue weighted by Gasteiger charge is 2.19. The number of nitrogens with zero attached hydrogens (tertiary/aromatic N) is 1. The normalized spacial score (nSPS) is 16.1. The molecule has 1 atom stereocenters. The van der Waals surface area contributed by atoms with Gasteiger partial charge in [-0.05, 0) is 23.6 Å². The van der Waals surface area contributed by atoms with Gasteiger partial charge in [-0.15, -0.1) is 0 Å². The Balaban J connectivity index is 2.33. The number of aldehydes is 1. The van der Waals surface area contributed by atoms with Crippen LogP contribution in [0.25, 0.3) is 0 Å². The molecule has 0 fully saturated rings. The summed E-state index contributed by atoms with van der Waals surface area (Å²) in [5.74, 6) is 0.220. The molecule has 4 nitrogen and oxygen atoms in total. The Bertz CT molecular complexity index is 457. The number of hydrogen-bond acceptors (Lipinski definition) is 3. The molecule has 1 N–H and O–H groups in total. The third-order valence-corrected chi connectivity index (χ3v) is 3.11. The highest BCUT2D eigenvalue weighted by atomic mass is 16.2. The van der Waals surface area contributed by atoms with Gasteiger partial charge in [0.05, 0.1) is 17.9 Å². The Kier molecular flexibility index (Phi) is 3.13. The predicted octanol–water partition coefficient (Wildman–Crippen LogP) is 1.77. The maximum atomic E-state index is 11.4.